The highest BCUT2D eigenvalue weighted by Crippen LogP contribution is 2.36. The quantitative estimate of drug-likeness (QED) is 0.202. The van der Waals surface area contributed by atoms with Gasteiger partial charge in [-0.2, -0.15) is 18.2 Å². The maximum atomic E-state index is 12.8. The van der Waals surface area contributed by atoms with E-state index in [0.717, 1.165) is 28.8 Å². The molecule has 1 aliphatic rings. The summed E-state index contributed by atoms with van der Waals surface area (Å²) in [6, 6.07) is 12.8. The molecule has 0 aliphatic carbocycles. The number of aliphatic imine (C=N–C) groups is 1. The van der Waals surface area contributed by atoms with Crippen molar-refractivity contribution in [3.05, 3.63) is 77.6 Å². The van der Waals surface area contributed by atoms with Gasteiger partial charge in [-0.15, -0.1) is 18.3 Å². The van der Waals surface area contributed by atoms with Crippen molar-refractivity contribution in [2.24, 2.45) is 4.99 Å². The van der Waals surface area contributed by atoms with Gasteiger partial charge in [-0.25, -0.2) is 14.5 Å². The minimum absolute atomic E-state index is 0.00528. The fraction of sp³-hybridized carbons (Fsp3) is 0.179. The number of hydrogen-bond donors (Lipinski definition) is 1. The molecule has 46 heavy (non-hydrogen) atoms. The fourth-order valence-corrected chi connectivity index (χ4v) is 5.16. The van der Waals surface area contributed by atoms with Gasteiger partial charge in [0.1, 0.15) is 17.8 Å². The van der Waals surface area contributed by atoms with Crippen LogP contribution in [0.5, 0.6) is 11.5 Å². The Kier molecular flexibility index (Phi) is 9.16. The van der Waals surface area contributed by atoms with Crippen LogP contribution in [-0.2, 0) is 4.79 Å². The number of benzene rings is 3. The van der Waals surface area contributed by atoms with Crippen molar-refractivity contribution in [1.29, 1.82) is 0 Å². The third-order valence-corrected chi connectivity index (χ3v) is 7.24. The Labute approximate surface area is 265 Å². The molecule has 0 radical (unpaired) electrons. The molecule has 5 rings (SSSR count). The molecule has 3 amide bonds. The monoisotopic (exact) mass is 684 g/mol. The van der Waals surface area contributed by atoms with E-state index in [4.69, 9.17) is 16.3 Å². The van der Waals surface area contributed by atoms with Crippen molar-refractivity contribution in [2.75, 3.05) is 22.6 Å². The Bertz CT molecular complexity index is 1810. The van der Waals surface area contributed by atoms with E-state index in [-0.39, 0.29) is 38.9 Å². The average molecular weight is 685 g/mol. The third kappa shape index (κ3) is 8.08. The van der Waals surface area contributed by atoms with Crippen LogP contribution in [0.4, 0.5) is 42.5 Å². The molecule has 1 aliphatic heterocycles. The molecule has 240 valence electrons. The summed E-state index contributed by atoms with van der Waals surface area (Å²) >= 11 is 7.30. The maximum absolute atomic E-state index is 12.8. The number of amides is 3. The summed E-state index contributed by atoms with van der Waals surface area (Å²) in [6.07, 6.45) is -8.09. The van der Waals surface area contributed by atoms with Crippen molar-refractivity contribution in [3.63, 3.8) is 0 Å². The summed E-state index contributed by atoms with van der Waals surface area (Å²) in [5.74, 6) is -1.02. The molecule has 0 atom stereocenters. The van der Waals surface area contributed by atoms with Gasteiger partial charge in [0.25, 0.3) is 0 Å². The van der Waals surface area contributed by atoms with Crippen LogP contribution in [0.2, 0.25) is 5.02 Å². The van der Waals surface area contributed by atoms with Crippen LogP contribution < -0.4 is 19.7 Å². The lowest BCUT2D eigenvalue weighted by atomic mass is 10.2. The molecule has 4 aromatic rings. The lowest BCUT2D eigenvalue weighted by Crippen LogP contribution is -2.31. The Hall–Kier alpha value is -4.77. The molecule has 0 bridgehead atoms. The number of amidine groups is 1. The molecular formula is C28H19ClF6N6O4S. The van der Waals surface area contributed by atoms with Gasteiger partial charge in [-0.05, 0) is 67.1 Å². The highest BCUT2D eigenvalue weighted by molar-refractivity contribution is 8.15. The Morgan fingerprint density at radius 3 is 2.48 bits per heavy atom. The fourth-order valence-electron chi connectivity index (χ4n) is 4.07. The molecule has 1 N–H and O–H groups in total. The first-order valence-electron chi connectivity index (χ1n) is 12.9. The van der Waals surface area contributed by atoms with Gasteiger partial charge in [0.15, 0.2) is 17.6 Å². The molecule has 0 saturated carbocycles. The number of ether oxygens (including phenoxy) is 2. The minimum Gasteiger partial charge on any atom is -0.482 e. The number of anilines is 2. The number of aromatic nitrogens is 3. The Morgan fingerprint density at radius 1 is 1.07 bits per heavy atom. The molecule has 1 saturated heterocycles. The molecule has 1 fully saturated rings. The Balaban J connectivity index is 1.30. The number of halogens is 7. The largest absolute Gasteiger partial charge is 0.573 e. The molecule has 3 aromatic carbocycles. The first kappa shape index (κ1) is 32.6. The van der Waals surface area contributed by atoms with E-state index in [1.165, 1.54) is 53.5 Å². The lowest BCUT2D eigenvalue weighted by Gasteiger charge is -2.21. The number of rotatable bonds is 7. The molecule has 0 spiro atoms. The molecule has 18 heteroatoms. The van der Waals surface area contributed by atoms with Crippen LogP contribution in [0.3, 0.4) is 0 Å². The summed E-state index contributed by atoms with van der Waals surface area (Å²) in [5.41, 5.74) is 1.63. The average Bonchev–Trinajstić information content (AvgIpc) is 3.59. The van der Waals surface area contributed by atoms with E-state index in [9.17, 15) is 35.9 Å². The van der Waals surface area contributed by atoms with Gasteiger partial charge in [0.05, 0.1) is 27.8 Å². The van der Waals surface area contributed by atoms with Crippen LogP contribution in [0, 0.1) is 6.92 Å². The van der Waals surface area contributed by atoms with Gasteiger partial charge in [0, 0.05) is 5.56 Å². The number of thioether (sulfide) groups is 1. The molecular weight excluding hydrogens is 666 g/mol. The zero-order valence-corrected chi connectivity index (χ0v) is 24.8. The predicted octanol–water partition coefficient (Wildman–Crippen LogP) is 7.40. The zero-order chi connectivity index (χ0) is 33.2. The molecule has 10 nitrogen and oxygen atoms in total. The molecule has 1 aromatic heterocycles. The van der Waals surface area contributed by atoms with Gasteiger partial charge in [-0.3, -0.25) is 9.69 Å². The number of hydrogen-bond acceptors (Lipinski definition) is 7. The number of alkyl halides is 6. The summed E-state index contributed by atoms with van der Waals surface area (Å²) < 4.78 is 85.8. The third-order valence-electron chi connectivity index (χ3n) is 6.00. The van der Waals surface area contributed by atoms with Crippen LogP contribution in [-0.4, -0.2) is 56.8 Å². The summed E-state index contributed by atoms with van der Waals surface area (Å²) in [6.45, 7) is 0.0948. The second kappa shape index (κ2) is 12.9. The predicted molar refractivity (Wildman–Crippen MR) is 158 cm³/mol. The summed E-state index contributed by atoms with van der Waals surface area (Å²) in [7, 11) is 0. The van der Waals surface area contributed by atoms with Gasteiger partial charge in [0.2, 0.25) is 5.91 Å². The van der Waals surface area contributed by atoms with E-state index in [1.54, 1.807) is 13.0 Å². The first-order valence-corrected chi connectivity index (χ1v) is 14.2. The summed E-state index contributed by atoms with van der Waals surface area (Å²) in [5, 5.41) is 6.79. The number of nitrogens with one attached hydrogen (secondary N) is 1. The van der Waals surface area contributed by atoms with Crippen molar-refractivity contribution < 1.29 is 45.4 Å². The minimum atomic E-state index is -4.82. The topological polar surface area (TPSA) is 111 Å². The van der Waals surface area contributed by atoms with Crippen molar-refractivity contribution in [3.8, 4) is 28.6 Å². The normalized spacial score (nSPS) is 14.6. The highest BCUT2D eigenvalue weighted by Gasteiger charge is 2.35. The smallest absolute Gasteiger partial charge is 0.482 e. The van der Waals surface area contributed by atoms with E-state index in [2.05, 4.69) is 25.1 Å². The number of carbonyl (C=O) groups excluding carboxylic acids is 2. The summed E-state index contributed by atoms with van der Waals surface area (Å²) in [4.78, 5) is 34.7. The van der Waals surface area contributed by atoms with Crippen LogP contribution in [0.25, 0.3) is 17.1 Å². The first-order chi connectivity index (χ1) is 21.6. The molecule has 2 heterocycles. The second-order valence-corrected chi connectivity index (χ2v) is 10.8. The van der Waals surface area contributed by atoms with Crippen LogP contribution in [0.15, 0.2) is 72.0 Å². The Morgan fingerprint density at radius 2 is 1.80 bits per heavy atom. The van der Waals surface area contributed by atoms with Crippen LogP contribution in [0.1, 0.15) is 5.56 Å². The lowest BCUT2D eigenvalue weighted by molar-refractivity contribution is -0.274. The SMILES string of the molecule is Cc1ccc(OCC(F)(F)F)c(N2C(=O)CSC2=NC(=O)Nc2ccc(-c3ncn(-c4ccc(OC(F)(F)F)cc4)n3)cc2Cl)c1. The number of aryl methyl sites for hydroxylation is 1. The standard InChI is InChI=1S/C28H19ClF6N6O4S/c1-15-2-9-22(44-13-27(30,31)32)21(10-15)41-23(42)12-46-26(41)38-25(43)37-20-8-3-16(11-19(20)29)24-36-14-40(39-24)17-4-6-18(7-5-17)45-28(33,34)35/h2-11,14H,12-13H2,1H3,(H,37,43). The van der Waals surface area contributed by atoms with Gasteiger partial charge < -0.3 is 14.8 Å². The van der Waals surface area contributed by atoms with E-state index in [1.807, 2.05) is 0 Å². The van der Waals surface area contributed by atoms with E-state index in [0.29, 0.717) is 16.8 Å². The number of urea groups is 1. The maximum Gasteiger partial charge on any atom is 0.573 e. The van der Waals surface area contributed by atoms with Gasteiger partial charge in [-0.1, -0.05) is 29.4 Å². The van der Waals surface area contributed by atoms with Crippen molar-refractivity contribution in [1.82, 2.24) is 14.8 Å². The zero-order valence-electron chi connectivity index (χ0n) is 23.2. The van der Waals surface area contributed by atoms with Crippen LogP contribution >= 0.6 is 23.4 Å². The number of nitrogens with zero attached hydrogens (tertiary/aromatic N) is 5. The second-order valence-electron chi connectivity index (χ2n) is 9.47. The number of carbonyl (C=O) groups is 2. The van der Waals surface area contributed by atoms with E-state index >= 15 is 0 Å². The van der Waals surface area contributed by atoms with E-state index < -0.39 is 36.8 Å². The van der Waals surface area contributed by atoms with Crippen molar-refractivity contribution >= 4 is 51.8 Å². The van der Waals surface area contributed by atoms with Crippen molar-refractivity contribution in [2.45, 2.75) is 19.5 Å². The highest BCUT2D eigenvalue weighted by atomic mass is 35.5. The van der Waals surface area contributed by atoms with Gasteiger partial charge >= 0.3 is 18.6 Å². The molecule has 0 unspecified atom stereocenters.